The number of amides is 1. The lowest BCUT2D eigenvalue weighted by Crippen LogP contribution is -2.35. The highest BCUT2D eigenvalue weighted by molar-refractivity contribution is 5.80. The molecule has 1 atom stereocenters. The number of aromatic amines is 1. The minimum absolute atomic E-state index is 0.0638. The standard InChI is InChI=1S/C12H12N2O2/c15-12-14-10(4-6-16-12)9-2-1-8-3-5-13-11(8)7-9/h1-3,5,7,10,13H,4,6H2,(H,14,15)/t10-/m0/s1. The Kier molecular flexibility index (Phi) is 2.06. The molecular formula is C12H12N2O2. The summed E-state index contributed by atoms with van der Waals surface area (Å²) in [5.74, 6) is 0. The van der Waals surface area contributed by atoms with Gasteiger partial charge >= 0.3 is 6.09 Å². The van der Waals surface area contributed by atoms with Gasteiger partial charge in [0.1, 0.15) is 0 Å². The van der Waals surface area contributed by atoms with Gasteiger partial charge in [-0.05, 0) is 23.1 Å². The summed E-state index contributed by atoms with van der Waals surface area (Å²) in [4.78, 5) is 14.3. The van der Waals surface area contributed by atoms with Crippen LogP contribution in [0.5, 0.6) is 0 Å². The number of rotatable bonds is 1. The molecule has 4 nitrogen and oxygen atoms in total. The third-order valence-corrected chi connectivity index (χ3v) is 2.91. The summed E-state index contributed by atoms with van der Waals surface area (Å²) in [6.07, 6.45) is 2.40. The molecule has 0 unspecified atom stereocenters. The van der Waals surface area contributed by atoms with E-state index in [9.17, 15) is 4.79 Å². The predicted molar refractivity (Wildman–Crippen MR) is 60.1 cm³/mol. The number of carbonyl (C=O) groups is 1. The summed E-state index contributed by atoms with van der Waals surface area (Å²) < 4.78 is 4.84. The van der Waals surface area contributed by atoms with Crippen LogP contribution in [0.2, 0.25) is 0 Å². The SMILES string of the molecule is O=C1N[C@H](c2ccc3cc[nH]c3c2)CCO1. The average Bonchev–Trinajstić information content (AvgIpc) is 2.75. The van der Waals surface area contributed by atoms with E-state index >= 15 is 0 Å². The lowest BCUT2D eigenvalue weighted by molar-refractivity contribution is 0.115. The number of H-pyrrole nitrogens is 1. The Morgan fingerprint density at radius 1 is 1.31 bits per heavy atom. The molecule has 0 bridgehead atoms. The quantitative estimate of drug-likeness (QED) is 0.768. The van der Waals surface area contributed by atoms with Crippen molar-refractivity contribution in [2.24, 2.45) is 0 Å². The number of benzene rings is 1. The van der Waals surface area contributed by atoms with Crippen molar-refractivity contribution >= 4 is 17.0 Å². The fraction of sp³-hybridized carbons (Fsp3) is 0.250. The van der Waals surface area contributed by atoms with E-state index in [1.165, 1.54) is 5.39 Å². The maximum Gasteiger partial charge on any atom is 0.407 e. The van der Waals surface area contributed by atoms with Gasteiger partial charge in [-0.3, -0.25) is 0 Å². The second-order valence-corrected chi connectivity index (χ2v) is 3.95. The summed E-state index contributed by atoms with van der Waals surface area (Å²) in [6.45, 7) is 0.485. The highest BCUT2D eigenvalue weighted by Gasteiger charge is 2.20. The van der Waals surface area contributed by atoms with Gasteiger partial charge in [0.2, 0.25) is 0 Å². The summed E-state index contributed by atoms with van der Waals surface area (Å²) in [7, 11) is 0. The molecule has 0 aliphatic carbocycles. The molecule has 3 rings (SSSR count). The Hall–Kier alpha value is -1.97. The Balaban J connectivity index is 1.95. The fourth-order valence-corrected chi connectivity index (χ4v) is 2.06. The molecule has 0 spiro atoms. The van der Waals surface area contributed by atoms with Crippen molar-refractivity contribution in [3.05, 3.63) is 36.0 Å². The minimum Gasteiger partial charge on any atom is -0.449 e. The number of carbonyl (C=O) groups excluding carboxylic acids is 1. The fourth-order valence-electron chi connectivity index (χ4n) is 2.06. The first-order valence-electron chi connectivity index (χ1n) is 5.33. The zero-order valence-corrected chi connectivity index (χ0v) is 8.69. The van der Waals surface area contributed by atoms with E-state index in [0.717, 1.165) is 17.5 Å². The van der Waals surface area contributed by atoms with Gasteiger partial charge in [-0.25, -0.2) is 4.79 Å². The summed E-state index contributed by atoms with van der Waals surface area (Å²) in [5.41, 5.74) is 2.21. The molecule has 1 aliphatic rings. The zero-order valence-electron chi connectivity index (χ0n) is 8.69. The van der Waals surface area contributed by atoms with Gasteiger partial charge in [-0.1, -0.05) is 12.1 Å². The number of alkyl carbamates (subject to hydrolysis) is 1. The first kappa shape index (κ1) is 9.27. The van der Waals surface area contributed by atoms with Gasteiger partial charge in [-0.15, -0.1) is 0 Å². The van der Waals surface area contributed by atoms with Crippen LogP contribution in [0.4, 0.5) is 4.79 Å². The van der Waals surface area contributed by atoms with Gasteiger partial charge in [0.05, 0.1) is 12.6 Å². The van der Waals surface area contributed by atoms with E-state index < -0.39 is 0 Å². The molecule has 4 heteroatoms. The Morgan fingerprint density at radius 3 is 3.12 bits per heavy atom. The topological polar surface area (TPSA) is 54.1 Å². The third kappa shape index (κ3) is 1.52. The van der Waals surface area contributed by atoms with Gasteiger partial charge in [0, 0.05) is 18.1 Å². The molecule has 1 amide bonds. The highest BCUT2D eigenvalue weighted by Crippen LogP contribution is 2.23. The molecule has 1 aromatic carbocycles. The molecule has 2 N–H and O–H groups in total. The molecule has 2 aromatic rings. The predicted octanol–water partition coefficient (Wildman–Crippen LogP) is 2.34. The second-order valence-electron chi connectivity index (χ2n) is 3.95. The van der Waals surface area contributed by atoms with E-state index in [4.69, 9.17) is 4.74 Å². The molecule has 82 valence electrons. The van der Waals surface area contributed by atoms with Crippen molar-refractivity contribution in [1.82, 2.24) is 10.3 Å². The van der Waals surface area contributed by atoms with Gasteiger partial charge in [-0.2, -0.15) is 0 Å². The molecule has 2 heterocycles. The van der Waals surface area contributed by atoms with Crippen molar-refractivity contribution < 1.29 is 9.53 Å². The van der Waals surface area contributed by atoms with Crippen molar-refractivity contribution in [3.63, 3.8) is 0 Å². The van der Waals surface area contributed by atoms with Gasteiger partial charge in [0.15, 0.2) is 0 Å². The van der Waals surface area contributed by atoms with Crippen LogP contribution in [0.1, 0.15) is 18.0 Å². The maximum absolute atomic E-state index is 11.1. The summed E-state index contributed by atoms with van der Waals surface area (Å²) in [6, 6.07) is 8.27. The Bertz CT molecular complexity index is 533. The highest BCUT2D eigenvalue weighted by atomic mass is 16.5. The van der Waals surface area contributed by atoms with E-state index in [1.54, 1.807) is 0 Å². The molecule has 1 aliphatic heterocycles. The minimum atomic E-state index is -0.331. The molecule has 0 saturated carbocycles. The molecule has 1 aromatic heterocycles. The van der Waals surface area contributed by atoms with Crippen LogP contribution in [0.3, 0.4) is 0 Å². The van der Waals surface area contributed by atoms with Crippen LogP contribution in [-0.4, -0.2) is 17.7 Å². The van der Waals surface area contributed by atoms with Crippen molar-refractivity contribution in [2.75, 3.05) is 6.61 Å². The average molecular weight is 216 g/mol. The van der Waals surface area contributed by atoms with Crippen LogP contribution in [0.15, 0.2) is 30.5 Å². The van der Waals surface area contributed by atoms with E-state index in [1.807, 2.05) is 18.3 Å². The number of ether oxygens (including phenoxy) is 1. The molecule has 1 fully saturated rings. The Labute approximate surface area is 92.6 Å². The maximum atomic E-state index is 11.1. The lowest BCUT2D eigenvalue weighted by Gasteiger charge is -2.23. The van der Waals surface area contributed by atoms with Gasteiger partial charge in [0.25, 0.3) is 0 Å². The van der Waals surface area contributed by atoms with Crippen molar-refractivity contribution in [3.8, 4) is 0 Å². The van der Waals surface area contributed by atoms with E-state index in [2.05, 4.69) is 22.4 Å². The van der Waals surface area contributed by atoms with Crippen molar-refractivity contribution in [2.45, 2.75) is 12.5 Å². The normalized spacial score (nSPS) is 20.5. The number of nitrogens with one attached hydrogen (secondary N) is 2. The molecule has 16 heavy (non-hydrogen) atoms. The first-order chi connectivity index (χ1) is 7.83. The largest absolute Gasteiger partial charge is 0.449 e. The van der Waals surface area contributed by atoms with Crippen LogP contribution in [-0.2, 0) is 4.74 Å². The molecule has 1 saturated heterocycles. The summed E-state index contributed by atoms with van der Waals surface area (Å²) in [5, 5.41) is 4.00. The zero-order chi connectivity index (χ0) is 11.0. The third-order valence-electron chi connectivity index (χ3n) is 2.91. The van der Waals surface area contributed by atoms with Crippen LogP contribution >= 0.6 is 0 Å². The number of cyclic esters (lactones) is 1. The monoisotopic (exact) mass is 216 g/mol. The second kappa shape index (κ2) is 3.56. The van der Waals surface area contributed by atoms with E-state index in [0.29, 0.717) is 6.61 Å². The number of aromatic nitrogens is 1. The van der Waals surface area contributed by atoms with Crippen LogP contribution in [0, 0.1) is 0 Å². The van der Waals surface area contributed by atoms with Crippen molar-refractivity contribution in [1.29, 1.82) is 0 Å². The van der Waals surface area contributed by atoms with Crippen LogP contribution in [0.25, 0.3) is 10.9 Å². The smallest absolute Gasteiger partial charge is 0.407 e. The molecule has 0 radical (unpaired) electrons. The molecular weight excluding hydrogens is 204 g/mol. The number of hydrogen-bond acceptors (Lipinski definition) is 2. The Morgan fingerprint density at radius 2 is 2.25 bits per heavy atom. The lowest BCUT2D eigenvalue weighted by atomic mass is 10.0. The van der Waals surface area contributed by atoms with Gasteiger partial charge < -0.3 is 15.0 Å². The van der Waals surface area contributed by atoms with Crippen LogP contribution < -0.4 is 5.32 Å². The number of fused-ring (bicyclic) bond motifs is 1. The number of hydrogen-bond donors (Lipinski definition) is 2. The van der Waals surface area contributed by atoms with E-state index in [-0.39, 0.29) is 12.1 Å². The first-order valence-corrected chi connectivity index (χ1v) is 5.33. The summed E-state index contributed by atoms with van der Waals surface area (Å²) >= 11 is 0.